The van der Waals surface area contributed by atoms with Crippen molar-refractivity contribution >= 4 is 5.95 Å². The third-order valence-electron chi connectivity index (χ3n) is 2.33. The molecule has 4 nitrogen and oxygen atoms in total. The third kappa shape index (κ3) is 2.05. The summed E-state index contributed by atoms with van der Waals surface area (Å²) in [7, 11) is 0. The number of aromatic nitrogens is 2. The van der Waals surface area contributed by atoms with E-state index in [2.05, 4.69) is 30.7 Å². The Morgan fingerprint density at radius 1 is 1.25 bits per heavy atom. The van der Waals surface area contributed by atoms with E-state index < -0.39 is 0 Å². The summed E-state index contributed by atoms with van der Waals surface area (Å²) in [5, 5.41) is 0. The monoisotopic (exact) mass is 217 g/mol. The van der Waals surface area contributed by atoms with E-state index in [1.54, 1.807) is 12.5 Å². The highest BCUT2D eigenvalue weighted by molar-refractivity contribution is 5.59. The first-order chi connectivity index (χ1) is 7.47. The molecule has 16 heavy (non-hydrogen) atoms. The van der Waals surface area contributed by atoms with Crippen molar-refractivity contribution in [3.05, 3.63) is 30.4 Å². The van der Waals surface area contributed by atoms with Gasteiger partial charge in [-0.1, -0.05) is 20.8 Å². The molecule has 84 valence electrons. The van der Waals surface area contributed by atoms with Crippen LogP contribution in [0.3, 0.4) is 0 Å². The van der Waals surface area contributed by atoms with E-state index in [0.717, 1.165) is 17.0 Å². The van der Waals surface area contributed by atoms with Gasteiger partial charge in [0, 0.05) is 11.0 Å². The molecule has 0 aliphatic carbocycles. The van der Waals surface area contributed by atoms with Crippen molar-refractivity contribution in [3.8, 4) is 11.3 Å². The average Bonchev–Trinajstić information content (AvgIpc) is 2.68. The second-order valence-corrected chi connectivity index (χ2v) is 4.76. The first-order valence-electron chi connectivity index (χ1n) is 5.14. The Balaban J connectivity index is 2.53. The molecule has 0 spiro atoms. The van der Waals surface area contributed by atoms with Gasteiger partial charge in [0.25, 0.3) is 0 Å². The Labute approximate surface area is 94.5 Å². The zero-order chi connectivity index (χ0) is 11.8. The lowest BCUT2D eigenvalue weighted by atomic mass is 9.91. The molecule has 4 heteroatoms. The molecular weight excluding hydrogens is 202 g/mol. The highest BCUT2D eigenvalue weighted by atomic mass is 16.3. The van der Waals surface area contributed by atoms with Crippen molar-refractivity contribution in [3.63, 3.8) is 0 Å². The van der Waals surface area contributed by atoms with Crippen LogP contribution in [-0.2, 0) is 5.41 Å². The van der Waals surface area contributed by atoms with E-state index in [9.17, 15) is 0 Å². The second kappa shape index (κ2) is 3.63. The fourth-order valence-corrected chi connectivity index (χ4v) is 1.41. The van der Waals surface area contributed by atoms with Gasteiger partial charge in [-0.3, -0.25) is 0 Å². The number of nitrogens with two attached hydrogens (primary N) is 1. The Kier molecular flexibility index (Phi) is 2.42. The topological polar surface area (TPSA) is 64.9 Å². The molecule has 2 N–H and O–H groups in total. The van der Waals surface area contributed by atoms with E-state index in [1.807, 2.05) is 12.1 Å². The van der Waals surface area contributed by atoms with Crippen LogP contribution in [-0.4, -0.2) is 9.97 Å². The normalized spacial score (nSPS) is 11.7. The maximum Gasteiger partial charge on any atom is 0.220 e. The number of rotatable bonds is 1. The molecule has 0 atom stereocenters. The number of furan rings is 1. The lowest BCUT2D eigenvalue weighted by Crippen LogP contribution is -2.15. The molecule has 2 heterocycles. The maximum absolute atomic E-state index is 5.71. The minimum absolute atomic E-state index is 0.0461. The summed E-state index contributed by atoms with van der Waals surface area (Å²) in [6.45, 7) is 6.27. The molecule has 0 amide bonds. The van der Waals surface area contributed by atoms with E-state index >= 15 is 0 Å². The van der Waals surface area contributed by atoms with Gasteiger partial charge in [-0.15, -0.1) is 0 Å². The largest absolute Gasteiger partial charge is 0.472 e. The SMILES string of the molecule is CC(C)(C)c1cc(-c2ccoc2)nc(N)n1. The van der Waals surface area contributed by atoms with Crippen LogP contribution in [0.1, 0.15) is 26.5 Å². The predicted molar refractivity (Wildman–Crippen MR) is 62.8 cm³/mol. The third-order valence-corrected chi connectivity index (χ3v) is 2.33. The molecule has 2 aromatic heterocycles. The van der Waals surface area contributed by atoms with Crippen LogP contribution in [0.25, 0.3) is 11.3 Å². The summed E-state index contributed by atoms with van der Waals surface area (Å²) in [5.41, 5.74) is 8.30. The van der Waals surface area contributed by atoms with Crippen molar-refractivity contribution in [2.24, 2.45) is 0 Å². The Morgan fingerprint density at radius 3 is 2.56 bits per heavy atom. The number of hydrogen-bond acceptors (Lipinski definition) is 4. The van der Waals surface area contributed by atoms with Crippen LogP contribution < -0.4 is 5.73 Å². The lowest BCUT2D eigenvalue weighted by Gasteiger charge is -2.18. The maximum atomic E-state index is 5.71. The van der Waals surface area contributed by atoms with Gasteiger partial charge < -0.3 is 10.2 Å². The molecule has 0 bridgehead atoms. The van der Waals surface area contributed by atoms with Gasteiger partial charge in [-0.05, 0) is 12.1 Å². The van der Waals surface area contributed by atoms with E-state index in [-0.39, 0.29) is 5.41 Å². The van der Waals surface area contributed by atoms with Crippen LogP contribution in [0, 0.1) is 0 Å². The zero-order valence-electron chi connectivity index (χ0n) is 9.69. The number of nitrogens with zero attached hydrogens (tertiary/aromatic N) is 2. The molecule has 2 rings (SSSR count). The van der Waals surface area contributed by atoms with Crippen LogP contribution in [0.2, 0.25) is 0 Å². The van der Waals surface area contributed by atoms with Crippen molar-refractivity contribution in [1.82, 2.24) is 9.97 Å². The number of anilines is 1. The van der Waals surface area contributed by atoms with Gasteiger partial charge >= 0.3 is 0 Å². The summed E-state index contributed by atoms with van der Waals surface area (Å²) in [4.78, 5) is 8.45. The van der Waals surface area contributed by atoms with Crippen LogP contribution in [0.4, 0.5) is 5.95 Å². The molecule has 0 aliphatic rings. The zero-order valence-corrected chi connectivity index (χ0v) is 9.69. The highest BCUT2D eigenvalue weighted by Gasteiger charge is 2.18. The number of hydrogen-bond donors (Lipinski definition) is 1. The van der Waals surface area contributed by atoms with Crippen molar-refractivity contribution in [1.29, 1.82) is 0 Å². The van der Waals surface area contributed by atoms with Crippen LogP contribution >= 0.6 is 0 Å². The van der Waals surface area contributed by atoms with Gasteiger partial charge in [0.2, 0.25) is 5.95 Å². The summed E-state index contributed by atoms with van der Waals surface area (Å²) >= 11 is 0. The molecule has 0 fully saturated rings. The van der Waals surface area contributed by atoms with Crippen molar-refractivity contribution in [2.45, 2.75) is 26.2 Å². The predicted octanol–water partition coefficient (Wildman–Crippen LogP) is 2.62. The Hall–Kier alpha value is -1.84. The van der Waals surface area contributed by atoms with Crippen LogP contribution in [0.5, 0.6) is 0 Å². The van der Waals surface area contributed by atoms with Gasteiger partial charge in [-0.2, -0.15) is 0 Å². The molecular formula is C12H15N3O. The lowest BCUT2D eigenvalue weighted by molar-refractivity contribution is 0.566. The van der Waals surface area contributed by atoms with E-state index in [4.69, 9.17) is 10.2 Å². The fourth-order valence-electron chi connectivity index (χ4n) is 1.41. The number of nitrogen functional groups attached to an aromatic ring is 1. The quantitative estimate of drug-likeness (QED) is 0.797. The molecule has 0 unspecified atom stereocenters. The fraction of sp³-hybridized carbons (Fsp3) is 0.333. The highest BCUT2D eigenvalue weighted by Crippen LogP contribution is 2.25. The molecule has 0 saturated heterocycles. The standard InChI is InChI=1S/C12H15N3O/c1-12(2,3)10-6-9(14-11(13)15-10)8-4-5-16-7-8/h4-7H,1-3H3,(H2,13,14,15). The summed E-state index contributed by atoms with van der Waals surface area (Å²) in [6.07, 6.45) is 3.26. The minimum Gasteiger partial charge on any atom is -0.472 e. The van der Waals surface area contributed by atoms with Crippen molar-refractivity contribution < 1.29 is 4.42 Å². The second-order valence-electron chi connectivity index (χ2n) is 4.76. The molecule has 0 aromatic carbocycles. The summed E-state index contributed by atoms with van der Waals surface area (Å²) in [5.74, 6) is 0.295. The van der Waals surface area contributed by atoms with Gasteiger partial charge in [0.05, 0.1) is 23.9 Å². The molecule has 2 aromatic rings. The van der Waals surface area contributed by atoms with Gasteiger partial charge in [-0.25, -0.2) is 9.97 Å². The van der Waals surface area contributed by atoms with E-state index in [0.29, 0.717) is 5.95 Å². The first-order valence-corrected chi connectivity index (χ1v) is 5.14. The smallest absolute Gasteiger partial charge is 0.220 e. The van der Waals surface area contributed by atoms with Gasteiger partial charge in [0.1, 0.15) is 0 Å². The molecule has 0 aliphatic heterocycles. The average molecular weight is 217 g/mol. The Bertz CT molecular complexity index is 483. The van der Waals surface area contributed by atoms with E-state index in [1.165, 1.54) is 0 Å². The van der Waals surface area contributed by atoms with Gasteiger partial charge in [0.15, 0.2) is 0 Å². The summed E-state index contributed by atoms with van der Waals surface area (Å²) in [6, 6.07) is 3.80. The molecule has 0 saturated carbocycles. The van der Waals surface area contributed by atoms with Crippen molar-refractivity contribution in [2.75, 3.05) is 5.73 Å². The Morgan fingerprint density at radius 2 is 2.00 bits per heavy atom. The summed E-state index contributed by atoms with van der Waals surface area (Å²) < 4.78 is 5.03. The minimum atomic E-state index is -0.0461. The van der Waals surface area contributed by atoms with Crippen LogP contribution in [0.15, 0.2) is 29.1 Å². The first kappa shape index (κ1) is 10.7. The molecule has 0 radical (unpaired) electrons.